The Morgan fingerprint density at radius 3 is 2.67 bits per heavy atom. The Hall–Kier alpha value is -2.07. The van der Waals surface area contributed by atoms with Gasteiger partial charge < -0.3 is 13.9 Å². The van der Waals surface area contributed by atoms with Crippen LogP contribution in [0.2, 0.25) is 0 Å². The minimum absolute atomic E-state index is 0.189. The van der Waals surface area contributed by atoms with Gasteiger partial charge in [0.05, 0.1) is 0 Å². The summed E-state index contributed by atoms with van der Waals surface area (Å²) in [6, 6.07) is 11.1. The molecule has 1 aromatic heterocycles. The molecule has 0 N–H and O–H groups in total. The lowest BCUT2D eigenvalue weighted by Crippen LogP contribution is -2.08. The van der Waals surface area contributed by atoms with Crippen LogP contribution in [-0.4, -0.2) is 6.61 Å². The molecule has 0 aliphatic rings. The first-order chi connectivity index (χ1) is 10.3. The van der Waals surface area contributed by atoms with Crippen molar-refractivity contribution in [1.82, 2.24) is 0 Å². The molecule has 0 amide bonds. The zero-order valence-corrected chi connectivity index (χ0v) is 12.2. The van der Waals surface area contributed by atoms with Gasteiger partial charge in [-0.1, -0.05) is 43.7 Å². The summed E-state index contributed by atoms with van der Waals surface area (Å²) in [4.78, 5) is 11.9. The van der Waals surface area contributed by atoms with Gasteiger partial charge in [-0.05, 0) is 12.0 Å². The van der Waals surface area contributed by atoms with E-state index in [2.05, 4.69) is 6.92 Å². The fourth-order valence-corrected chi connectivity index (χ4v) is 1.77. The van der Waals surface area contributed by atoms with Crippen molar-refractivity contribution in [3.8, 4) is 5.75 Å². The van der Waals surface area contributed by atoms with E-state index in [1.54, 1.807) is 0 Å². The van der Waals surface area contributed by atoms with Gasteiger partial charge in [0, 0.05) is 12.7 Å². The quantitative estimate of drug-likeness (QED) is 0.697. The van der Waals surface area contributed by atoms with Crippen molar-refractivity contribution in [3.63, 3.8) is 0 Å². The Labute approximate surface area is 124 Å². The van der Waals surface area contributed by atoms with Gasteiger partial charge in [0.25, 0.3) is 0 Å². The van der Waals surface area contributed by atoms with Gasteiger partial charge >= 0.3 is 0 Å². The first-order valence-electron chi connectivity index (χ1n) is 7.16. The maximum atomic E-state index is 11.9. The van der Waals surface area contributed by atoms with E-state index < -0.39 is 0 Å². The molecule has 0 saturated carbocycles. The van der Waals surface area contributed by atoms with Crippen molar-refractivity contribution < 1.29 is 13.9 Å². The van der Waals surface area contributed by atoms with Gasteiger partial charge in [-0.15, -0.1) is 0 Å². The fourth-order valence-electron chi connectivity index (χ4n) is 1.77. The third-order valence-corrected chi connectivity index (χ3v) is 2.98. The lowest BCUT2D eigenvalue weighted by Gasteiger charge is -2.06. The van der Waals surface area contributed by atoms with Crippen LogP contribution >= 0.6 is 0 Å². The number of ether oxygens (including phenoxy) is 2. The van der Waals surface area contributed by atoms with E-state index in [1.165, 1.54) is 12.3 Å². The summed E-state index contributed by atoms with van der Waals surface area (Å²) in [6.07, 6.45) is 3.43. The Kier molecular flexibility index (Phi) is 6.03. The van der Waals surface area contributed by atoms with Gasteiger partial charge in [-0.3, -0.25) is 4.79 Å². The molecule has 112 valence electrons. The minimum atomic E-state index is -0.189. The highest BCUT2D eigenvalue weighted by molar-refractivity contribution is 5.19. The van der Waals surface area contributed by atoms with Crippen LogP contribution in [0.4, 0.5) is 0 Å². The molecule has 2 aromatic rings. The molecule has 2 rings (SSSR count). The van der Waals surface area contributed by atoms with E-state index in [4.69, 9.17) is 13.9 Å². The third-order valence-electron chi connectivity index (χ3n) is 2.98. The van der Waals surface area contributed by atoms with Crippen LogP contribution in [0.15, 0.2) is 51.9 Å². The smallest absolute Gasteiger partial charge is 0.227 e. The largest absolute Gasteiger partial charge is 0.482 e. The number of unbranched alkanes of at least 4 members (excludes halogenated alkanes) is 1. The van der Waals surface area contributed by atoms with Gasteiger partial charge in [0.15, 0.2) is 0 Å². The number of hydrogen-bond acceptors (Lipinski definition) is 4. The Morgan fingerprint density at radius 1 is 1.14 bits per heavy atom. The summed E-state index contributed by atoms with van der Waals surface area (Å²) in [5.41, 5.74) is 0.815. The molecule has 4 nitrogen and oxygen atoms in total. The van der Waals surface area contributed by atoms with Crippen molar-refractivity contribution in [2.24, 2.45) is 0 Å². The highest BCUT2D eigenvalue weighted by Crippen LogP contribution is 2.10. The Morgan fingerprint density at radius 2 is 1.95 bits per heavy atom. The number of rotatable bonds is 8. The molecule has 0 bridgehead atoms. The molecular weight excluding hydrogens is 268 g/mol. The summed E-state index contributed by atoms with van der Waals surface area (Å²) in [5, 5.41) is 0. The summed E-state index contributed by atoms with van der Waals surface area (Å²) in [7, 11) is 0. The predicted molar refractivity (Wildman–Crippen MR) is 80.3 cm³/mol. The van der Waals surface area contributed by atoms with Gasteiger partial charge in [-0.2, -0.15) is 0 Å². The molecular formula is C17H20O4. The predicted octanol–water partition coefficient (Wildman–Crippen LogP) is 3.54. The molecule has 0 aliphatic carbocycles. The van der Waals surface area contributed by atoms with Crippen molar-refractivity contribution in [2.75, 3.05) is 6.61 Å². The van der Waals surface area contributed by atoms with Gasteiger partial charge in [0.1, 0.15) is 25.2 Å². The van der Waals surface area contributed by atoms with Crippen LogP contribution in [0.3, 0.4) is 0 Å². The van der Waals surface area contributed by atoms with Crippen molar-refractivity contribution >= 4 is 0 Å². The normalized spacial score (nSPS) is 10.5. The number of hydrogen-bond donors (Lipinski definition) is 0. The SMILES string of the molecule is CCCCOCc1cc(=O)c(OCc2ccccc2)co1. The van der Waals surface area contributed by atoms with E-state index in [0.717, 1.165) is 18.4 Å². The van der Waals surface area contributed by atoms with Gasteiger partial charge in [0.2, 0.25) is 11.2 Å². The van der Waals surface area contributed by atoms with E-state index in [1.807, 2.05) is 30.3 Å². The molecule has 1 heterocycles. The van der Waals surface area contributed by atoms with Crippen LogP contribution in [0.25, 0.3) is 0 Å². The van der Waals surface area contributed by atoms with Crippen LogP contribution in [0.1, 0.15) is 31.1 Å². The topological polar surface area (TPSA) is 48.7 Å². The third kappa shape index (κ3) is 5.08. The van der Waals surface area contributed by atoms with Crippen LogP contribution < -0.4 is 10.2 Å². The summed E-state index contributed by atoms with van der Waals surface area (Å²) >= 11 is 0. The maximum absolute atomic E-state index is 11.9. The fraction of sp³-hybridized carbons (Fsp3) is 0.353. The van der Waals surface area contributed by atoms with Crippen molar-refractivity contribution in [1.29, 1.82) is 0 Å². The van der Waals surface area contributed by atoms with E-state index in [0.29, 0.717) is 25.6 Å². The molecule has 1 aromatic carbocycles. The molecule has 0 spiro atoms. The molecule has 0 fully saturated rings. The molecule has 0 unspecified atom stereocenters. The van der Waals surface area contributed by atoms with Crippen LogP contribution in [0, 0.1) is 0 Å². The lowest BCUT2D eigenvalue weighted by molar-refractivity contribution is 0.102. The minimum Gasteiger partial charge on any atom is -0.482 e. The number of benzene rings is 1. The van der Waals surface area contributed by atoms with Crippen molar-refractivity contribution in [3.05, 3.63) is 64.2 Å². The monoisotopic (exact) mass is 288 g/mol. The van der Waals surface area contributed by atoms with E-state index in [9.17, 15) is 4.79 Å². The first-order valence-corrected chi connectivity index (χ1v) is 7.16. The first kappa shape index (κ1) is 15.3. The summed E-state index contributed by atoms with van der Waals surface area (Å²) in [6.45, 7) is 3.43. The van der Waals surface area contributed by atoms with E-state index in [-0.39, 0.29) is 11.2 Å². The second kappa shape index (κ2) is 8.27. The van der Waals surface area contributed by atoms with E-state index >= 15 is 0 Å². The average Bonchev–Trinajstić information content (AvgIpc) is 2.52. The summed E-state index contributed by atoms with van der Waals surface area (Å²) < 4.78 is 16.2. The molecule has 0 atom stereocenters. The maximum Gasteiger partial charge on any atom is 0.227 e. The van der Waals surface area contributed by atoms with Crippen molar-refractivity contribution in [2.45, 2.75) is 33.0 Å². The second-order valence-electron chi connectivity index (χ2n) is 4.76. The molecule has 0 saturated heterocycles. The standard InChI is InChI=1S/C17H20O4/c1-2-3-9-19-12-15-10-16(18)17(13-20-15)21-11-14-7-5-4-6-8-14/h4-8,10,13H,2-3,9,11-12H2,1H3. The Balaban J connectivity index is 1.88. The molecule has 0 radical (unpaired) electrons. The highest BCUT2D eigenvalue weighted by atomic mass is 16.5. The molecule has 21 heavy (non-hydrogen) atoms. The highest BCUT2D eigenvalue weighted by Gasteiger charge is 2.05. The van der Waals surface area contributed by atoms with Crippen LogP contribution in [0.5, 0.6) is 5.75 Å². The van der Waals surface area contributed by atoms with Gasteiger partial charge in [-0.25, -0.2) is 0 Å². The molecule has 0 aliphatic heterocycles. The zero-order chi connectivity index (χ0) is 14.9. The lowest BCUT2D eigenvalue weighted by atomic mass is 10.2. The second-order valence-corrected chi connectivity index (χ2v) is 4.76. The molecule has 4 heteroatoms. The average molecular weight is 288 g/mol. The summed E-state index contributed by atoms with van der Waals surface area (Å²) in [5.74, 6) is 0.735. The Bertz CT molecular complexity index is 589. The zero-order valence-electron chi connectivity index (χ0n) is 12.2. The van der Waals surface area contributed by atoms with Crippen LogP contribution in [-0.2, 0) is 18.0 Å².